The highest BCUT2D eigenvalue weighted by atomic mass is 79.9. The van der Waals surface area contributed by atoms with Crippen molar-refractivity contribution in [3.8, 4) is 0 Å². The summed E-state index contributed by atoms with van der Waals surface area (Å²) in [5.74, 6) is 0. The van der Waals surface area contributed by atoms with E-state index < -0.39 is 0 Å². The monoisotopic (exact) mass is 337 g/mol. The van der Waals surface area contributed by atoms with Gasteiger partial charge in [0.25, 0.3) is 0 Å². The third-order valence-electron chi connectivity index (χ3n) is 4.44. The highest BCUT2D eigenvalue weighted by Gasteiger charge is 2.37. The minimum atomic E-state index is 0.0755. The van der Waals surface area contributed by atoms with Crippen LogP contribution in [0.4, 0.5) is 5.69 Å². The van der Waals surface area contributed by atoms with Crippen molar-refractivity contribution in [3.05, 3.63) is 33.9 Å². The maximum absolute atomic E-state index is 6.18. The van der Waals surface area contributed by atoms with Crippen LogP contribution >= 0.6 is 15.9 Å². The van der Waals surface area contributed by atoms with Crippen LogP contribution in [0.25, 0.3) is 5.70 Å². The lowest BCUT2D eigenvalue weighted by molar-refractivity contribution is 0.0564. The molecule has 4 nitrogen and oxygen atoms in total. The second-order valence-electron chi connectivity index (χ2n) is 5.80. The van der Waals surface area contributed by atoms with E-state index in [2.05, 4.69) is 39.9 Å². The molecule has 0 aliphatic carbocycles. The molecule has 0 unspecified atom stereocenters. The van der Waals surface area contributed by atoms with E-state index >= 15 is 0 Å². The Balaban J connectivity index is 2.07. The van der Waals surface area contributed by atoms with Gasteiger partial charge in [-0.1, -0.05) is 15.9 Å². The SMILES string of the molecule is CC1(N2CC(N)=C(N)c3cc(Br)ccc32)CCOCC1. The summed E-state index contributed by atoms with van der Waals surface area (Å²) >= 11 is 3.51. The van der Waals surface area contributed by atoms with Gasteiger partial charge in [0.15, 0.2) is 0 Å². The average Bonchev–Trinajstić information content (AvgIpc) is 2.44. The standard InChI is InChI=1S/C15H20BrN3O/c1-15(4-6-20-7-5-15)19-9-12(17)14(18)11-8-10(16)2-3-13(11)19/h2-3,8H,4-7,9,17-18H2,1H3. The lowest BCUT2D eigenvalue weighted by Crippen LogP contribution is -2.53. The smallest absolute Gasteiger partial charge is 0.0618 e. The Labute approximate surface area is 127 Å². The van der Waals surface area contributed by atoms with Crippen LogP contribution in [-0.4, -0.2) is 25.3 Å². The first-order valence-electron chi connectivity index (χ1n) is 6.91. The van der Waals surface area contributed by atoms with Gasteiger partial charge < -0.3 is 21.1 Å². The molecular formula is C15H20BrN3O. The quantitative estimate of drug-likeness (QED) is 0.825. The highest BCUT2D eigenvalue weighted by molar-refractivity contribution is 9.10. The van der Waals surface area contributed by atoms with Gasteiger partial charge in [-0.15, -0.1) is 0 Å². The summed E-state index contributed by atoms with van der Waals surface area (Å²) in [6.45, 7) is 4.59. The highest BCUT2D eigenvalue weighted by Crippen LogP contribution is 2.40. The zero-order chi connectivity index (χ0) is 14.3. The maximum Gasteiger partial charge on any atom is 0.0618 e. The fourth-order valence-electron chi connectivity index (χ4n) is 3.04. The van der Waals surface area contributed by atoms with E-state index in [1.807, 2.05) is 6.07 Å². The number of hydrogen-bond donors (Lipinski definition) is 2. The number of fused-ring (bicyclic) bond motifs is 1. The van der Waals surface area contributed by atoms with Crippen LogP contribution in [0.1, 0.15) is 25.3 Å². The van der Waals surface area contributed by atoms with Crippen molar-refractivity contribution in [1.29, 1.82) is 0 Å². The van der Waals surface area contributed by atoms with Gasteiger partial charge >= 0.3 is 0 Å². The van der Waals surface area contributed by atoms with E-state index in [1.54, 1.807) is 0 Å². The van der Waals surface area contributed by atoms with Crippen LogP contribution < -0.4 is 16.4 Å². The minimum absolute atomic E-state index is 0.0755. The normalized spacial score (nSPS) is 21.8. The van der Waals surface area contributed by atoms with Crippen molar-refractivity contribution in [2.24, 2.45) is 11.5 Å². The van der Waals surface area contributed by atoms with Crippen molar-refractivity contribution >= 4 is 27.3 Å². The molecule has 5 heteroatoms. The summed E-state index contributed by atoms with van der Waals surface area (Å²) in [5.41, 5.74) is 16.1. The molecule has 1 saturated heterocycles. The van der Waals surface area contributed by atoms with Gasteiger partial charge in [0.1, 0.15) is 0 Å². The molecule has 0 atom stereocenters. The summed E-state index contributed by atoms with van der Waals surface area (Å²) in [4.78, 5) is 2.39. The third kappa shape index (κ3) is 2.19. The summed E-state index contributed by atoms with van der Waals surface area (Å²) in [6, 6.07) is 6.23. The summed E-state index contributed by atoms with van der Waals surface area (Å²) in [7, 11) is 0. The largest absolute Gasteiger partial charge is 0.399 e. The van der Waals surface area contributed by atoms with Crippen LogP contribution in [0.15, 0.2) is 28.4 Å². The van der Waals surface area contributed by atoms with Crippen LogP contribution in [0, 0.1) is 0 Å². The molecule has 3 rings (SSSR count). The molecule has 2 heterocycles. The first-order valence-corrected chi connectivity index (χ1v) is 7.70. The topological polar surface area (TPSA) is 64.5 Å². The Morgan fingerprint density at radius 2 is 1.95 bits per heavy atom. The molecule has 0 bridgehead atoms. The van der Waals surface area contributed by atoms with E-state index in [1.165, 1.54) is 5.69 Å². The van der Waals surface area contributed by atoms with E-state index in [0.717, 1.165) is 41.8 Å². The Bertz CT molecular complexity index is 564. The van der Waals surface area contributed by atoms with Crippen molar-refractivity contribution in [2.75, 3.05) is 24.7 Å². The molecule has 2 aliphatic rings. The maximum atomic E-state index is 6.18. The molecule has 20 heavy (non-hydrogen) atoms. The summed E-state index contributed by atoms with van der Waals surface area (Å²) < 4.78 is 6.53. The molecule has 0 saturated carbocycles. The molecule has 1 aromatic rings. The van der Waals surface area contributed by atoms with Crippen LogP contribution in [0.5, 0.6) is 0 Å². The first kappa shape index (κ1) is 13.8. The average molecular weight is 338 g/mol. The number of anilines is 1. The third-order valence-corrected chi connectivity index (χ3v) is 4.93. The predicted molar refractivity (Wildman–Crippen MR) is 85.2 cm³/mol. The molecule has 1 aromatic carbocycles. The second-order valence-corrected chi connectivity index (χ2v) is 6.71. The van der Waals surface area contributed by atoms with Crippen LogP contribution in [-0.2, 0) is 4.74 Å². The molecule has 1 fully saturated rings. The van der Waals surface area contributed by atoms with E-state index in [0.29, 0.717) is 12.2 Å². The zero-order valence-corrected chi connectivity index (χ0v) is 13.2. The van der Waals surface area contributed by atoms with E-state index in [-0.39, 0.29) is 5.54 Å². The molecule has 0 radical (unpaired) electrons. The Hall–Kier alpha value is -1.20. The zero-order valence-electron chi connectivity index (χ0n) is 11.7. The molecular weight excluding hydrogens is 318 g/mol. The minimum Gasteiger partial charge on any atom is -0.399 e. The lowest BCUT2D eigenvalue weighted by Gasteiger charge is -2.47. The molecule has 0 amide bonds. The lowest BCUT2D eigenvalue weighted by atomic mass is 9.87. The number of nitrogens with two attached hydrogens (primary N) is 2. The Kier molecular flexibility index (Phi) is 3.42. The van der Waals surface area contributed by atoms with E-state index in [9.17, 15) is 0 Å². The van der Waals surface area contributed by atoms with Gasteiger partial charge in [0.05, 0.1) is 17.9 Å². The van der Waals surface area contributed by atoms with E-state index in [4.69, 9.17) is 16.2 Å². The van der Waals surface area contributed by atoms with Gasteiger partial charge in [0.2, 0.25) is 0 Å². The number of hydrogen-bond acceptors (Lipinski definition) is 4. The van der Waals surface area contributed by atoms with Crippen molar-refractivity contribution in [1.82, 2.24) is 0 Å². The van der Waals surface area contributed by atoms with Gasteiger partial charge in [-0.3, -0.25) is 0 Å². The van der Waals surface area contributed by atoms with Gasteiger partial charge in [-0.05, 0) is 38.0 Å². The predicted octanol–water partition coefficient (Wildman–Crippen LogP) is 2.42. The number of rotatable bonds is 1. The van der Waals surface area contributed by atoms with Gasteiger partial charge in [0, 0.05) is 34.5 Å². The van der Waals surface area contributed by atoms with Crippen molar-refractivity contribution < 1.29 is 4.74 Å². The molecule has 0 aromatic heterocycles. The molecule has 2 aliphatic heterocycles. The van der Waals surface area contributed by atoms with Crippen LogP contribution in [0.3, 0.4) is 0 Å². The fourth-order valence-corrected chi connectivity index (χ4v) is 3.40. The van der Waals surface area contributed by atoms with Crippen LogP contribution in [0.2, 0.25) is 0 Å². The fraction of sp³-hybridized carbons (Fsp3) is 0.467. The number of halogens is 1. The number of nitrogens with zero attached hydrogens (tertiary/aromatic N) is 1. The molecule has 108 valence electrons. The Morgan fingerprint density at radius 3 is 2.65 bits per heavy atom. The van der Waals surface area contributed by atoms with Gasteiger partial charge in [-0.2, -0.15) is 0 Å². The summed E-state index contributed by atoms with van der Waals surface area (Å²) in [5, 5.41) is 0. The van der Waals surface area contributed by atoms with Crippen molar-refractivity contribution in [3.63, 3.8) is 0 Å². The summed E-state index contributed by atoms with van der Waals surface area (Å²) in [6.07, 6.45) is 2.02. The second kappa shape index (κ2) is 4.97. The number of benzene rings is 1. The van der Waals surface area contributed by atoms with Crippen molar-refractivity contribution in [2.45, 2.75) is 25.3 Å². The molecule has 4 N–H and O–H groups in total. The van der Waals surface area contributed by atoms with Gasteiger partial charge in [-0.25, -0.2) is 0 Å². The number of ether oxygens (including phenoxy) is 1. The Morgan fingerprint density at radius 1 is 1.25 bits per heavy atom. The molecule has 0 spiro atoms. The first-order chi connectivity index (χ1) is 9.51.